The predicted octanol–water partition coefficient (Wildman–Crippen LogP) is 1.82. The highest BCUT2D eigenvalue weighted by molar-refractivity contribution is 5.87. The first-order valence-corrected chi connectivity index (χ1v) is 5.04. The third kappa shape index (κ3) is 1.77. The van der Waals surface area contributed by atoms with E-state index in [1.54, 1.807) is 0 Å². The lowest BCUT2D eigenvalue weighted by atomic mass is 9.88. The van der Waals surface area contributed by atoms with Crippen molar-refractivity contribution in [3.63, 3.8) is 0 Å². The maximum absolute atomic E-state index is 11.1. The number of rotatable bonds is 3. The molecule has 0 aromatic heterocycles. The summed E-state index contributed by atoms with van der Waals surface area (Å²) in [6.07, 6.45) is 5.50. The van der Waals surface area contributed by atoms with E-state index < -0.39 is 0 Å². The highest BCUT2D eigenvalue weighted by Crippen LogP contribution is 2.51. The Kier molecular flexibility index (Phi) is 1.94. The lowest BCUT2D eigenvalue weighted by molar-refractivity contribution is -0.132. The van der Waals surface area contributed by atoms with Crippen LogP contribution in [0.25, 0.3) is 0 Å². The van der Waals surface area contributed by atoms with Gasteiger partial charge in [-0.1, -0.05) is 13.5 Å². The summed E-state index contributed by atoms with van der Waals surface area (Å²) in [6, 6.07) is 0. The number of amides is 1. The van der Waals surface area contributed by atoms with E-state index in [2.05, 4.69) is 13.5 Å². The van der Waals surface area contributed by atoms with Crippen LogP contribution in [0.2, 0.25) is 0 Å². The Morgan fingerprint density at radius 3 is 2.69 bits per heavy atom. The Bertz CT molecular complexity index is 236. The average Bonchev–Trinajstić information content (AvgIpc) is 2.75. The lowest BCUT2D eigenvalue weighted by Gasteiger charge is -2.40. The minimum atomic E-state index is 0.0946. The molecule has 1 amide bonds. The Morgan fingerprint density at radius 2 is 2.23 bits per heavy atom. The molecule has 1 heterocycles. The third-order valence-electron chi connectivity index (χ3n) is 3.33. The number of hydrogen-bond donors (Lipinski definition) is 0. The zero-order valence-corrected chi connectivity index (χ0v) is 8.25. The first-order valence-electron chi connectivity index (χ1n) is 5.04. The van der Waals surface area contributed by atoms with Crippen molar-refractivity contribution in [1.82, 2.24) is 4.90 Å². The van der Waals surface area contributed by atoms with E-state index in [4.69, 9.17) is 0 Å². The molecule has 0 radical (unpaired) electrons. The Balaban J connectivity index is 1.72. The maximum Gasteiger partial charge on any atom is 0.245 e. The van der Waals surface area contributed by atoms with Crippen molar-refractivity contribution >= 4 is 5.91 Å². The quantitative estimate of drug-likeness (QED) is 0.605. The van der Waals surface area contributed by atoms with Gasteiger partial charge >= 0.3 is 0 Å². The monoisotopic (exact) mass is 179 g/mol. The van der Waals surface area contributed by atoms with Crippen molar-refractivity contribution in [2.75, 3.05) is 13.1 Å². The molecule has 0 aromatic rings. The molecule has 0 atom stereocenters. The molecule has 0 aromatic carbocycles. The Morgan fingerprint density at radius 1 is 1.62 bits per heavy atom. The molecule has 2 nitrogen and oxygen atoms in total. The molecule has 1 saturated carbocycles. The van der Waals surface area contributed by atoms with E-state index in [1.165, 1.54) is 25.3 Å². The molecule has 0 bridgehead atoms. The molecule has 1 aliphatic carbocycles. The zero-order valence-electron chi connectivity index (χ0n) is 8.25. The molecule has 0 N–H and O–H groups in total. The average molecular weight is 179 g/mol. The summed E-state index contributed by atoms with van der Waals surface area (Å²) >= 11 is 0. The SMILES string of the molecule is C=CC(=O)N1CC(CC2(C)CC2)C1. The minimum Gasteiger partial charge on any atom is -0.338 e. The van der Waals surface area contributed by atoms with Gasteiger partial charge in [-0.3, -0.25) is 4.79 Å². The fourth-order valence-electron chi connectivity index (χ4n) is 2.12. The van der Waals surface area contributed by atoms with Crippen LogP contribution in [-0.4, -0.2) is 23.9 Å². The Hall–Kier alpha value is -0.790. The van der Waals surface area contributed by atoms with Gasteiger partial charge in [0.05, 0.1) is 0 Å². The molecule has 2 heteroatoms. The summed E-state index contributed by atoms with van der Waals surface area (Å²) in [5, 5.41) is 0. The molecular formula is C11H17NO. The molecule has 2 fully saturated rings. The molecular weight excluding hydrogens is 162 g/mol. The molecule has 2 aliphatic rings. The van der Waals surface area contributed by atoms with Crippen LogP contribution in [-0.2, 0) is 4.79 Å². The summed E-state index contributed by atoms with van der Waals surface area (Å²) in [6.45, 7) is 7.75. The van der Waals surface area contributed by atoms with Gasteiger partial charge in [0.1, 0.15) is 0 Å². The van der Waals surface area contributed by atoms with E-state index in [-0.39, 0.29) is 5.91 Å². The first-order chi connectivity index (χ1) is 6.13. The Labute approximate surface area is 79.6 Å². The van der Waals surface area contributed by atoms with E-state index in [0.717, 1.165) is 19.0 Å². The van der Waals surface area contributed by atoms with Crippen LogP contribution in [0.1, 0.15) is 26.2 Å². The van der Waals surface area contributed by atoms with Crippen molar-refractivity contribution < 1.29 is 4.79 Å². The van der Waals surface area contributed by atoms with Gasteiger partial charge in [0.15, 0.2) is 0 Å². The van der Waals surface area contributed by atoms with E-state index in [0.29, 0.717) is 5.41 Å². The number of likely N-dealkylation sites (tertiary alicyclic amines) is 1. The van der Waals surface area contributed by atoms with Gasteiger partial charge in [-0.05, 0) is 36.7 Å². The fraction of sp³-hybridized carbons (Fsp3) is 0.727. The smallest absolute Gasteiger partial charge is 0.245 e. The van der Waals surface area contributed by atoms with Crippen LogP contribution < -0.4 is 0 Å². The molecule has 1 aliphatic heterocycles. The van der Waals surface area contributed by atoms with Crippen molar-refractivity contribution in [3.05, 3.63) is 12.7 Å². The number of nitrogens with zero attached hydrogens (tertiary/aromatic N) is 1. The van der Waals surface area contributed by atoms with Crippen molar-refractivity contribution in [1.29, 1.82) is 0 Å². The van der Waals surface area contributed by atoms with Crippen LogP contribution in [0.15, 0.2) is 12.7 Å². The molecule has 2 rings (SSSR count). The highest BCUT2D eigenvalue weighted by Gasteiger charge is 2.42. The largest absolute Gasteiger partial charge is 0.338 e. The second-order valence-corrected chi connectivity index (χ2v) is 4.83. The van der Waals surface area contributed by atoms with Gasteiger partial charge < -0.3 is 4.90 Å². The van der Waals surface area contributed by atoms with Gasteiger partial charge in [-0.25, -0.2) is 0 Å². The van der Waals surface area contributed by atoms with Gasteiger partial charge in [0, 0.05) is 13.1 Å². The maximum atomic E-state index is 11.1. The molecule has 13 heavy (non-hydrogen) atoms. The normalized spacial score (nSPS) is 25.2. The summed E-state index contributed by atoms with van der Waals surface area (Å²) in [5.74, 6) is 0.855. The van der Waals surface area contributed by atoms with Gasteiger partial charge in [-0.15, -0.1) is 0 Å². The summed E-state index contributed by atoms with van der Waals surface area (Å²) in [7, 11) is 0. The summed E-state index contributed by atoms with van der Waals surface area (Å²) in [4.78, 5) is 13.0. The fourth-order valence-corrected chi connectivity index (χ4v) is 2.12. The van der Waals surface area contributed by atoms with Crippen LogP contribution in [0.4, 0.5) is 0 Å². The summed E-state index contributed by atoms with van der Waals surface area (Å²) in [5.41, 5.74) is 0.633. The van der Waals surface area contributed by atoms with Crippen LogP contribution in [0.3, 0.4) is 0 Å². The zero-order chi connectivity index (χ0) is 9.47. The van der Waals surface area contributed by atoms with Gasteiger partial charge in [-0.2, -0.15) is 0 Å². The van der Waals surface area contributed by atoms with E-state index in [9.17, 15) is 4.79 Å². The third-order valence-corrected chi connectivity index (χ3v) is 3.33. The van der Waals surface area contributed by atoms with Gasteiger partial charge in [0.2, 0.25) is 5.91 Å². The topological polar surface area (TPSA) is 20.3 Å². The molecule has 0 spiro atoms. The summed E-state index contributed by atoms with van der Waals surface area (Å²) < 4.78 is 0. The first kappa shape index (κ1) is 8.79. The molecule has 0 unspecified atom stereocenters. The number of hydrogen-bond acceptors (Lipinski definition) is 1. The second kappa shape index (κ2) is 2.86. The van der Waals surface area contributed by atoms with Crippen molar-refractivity contribution in [2.45, 2.75) is 26.2 Å². The highest BCUT2D eigenvalue weighted by atomic mass is 16.2. The predicted molar refractivity (Wildman–Crippen MR) is 52.2 cm³/mol. The number of carbonyl (C=O) groups excluding carboxylic acids is 1. The lowest BCUT2D eigenvalue weighted by Crippen LogP contribution is -2.49. The van der Waals surface area contributed by atoms with Crippen molar-refractivity contribution in [2.24, 2.45) is 11.3 Å². The van der Waals surface area contributed by atoms with Gasteiger partial charge in [0.25, 0.3) is 0 Å². The van der Waals surface area contributed by atoms with Crippen molar-refractivity contribution in [3.8, 4) is 0 Å². The van der Waals surface area contributed by atoms with Crippen LogP contribution in [0.5, 0.6) is 0 Å². The molecule has 72 valence electrons. The standard InChI is InChI=1S/C11H17NO/c1-3-10(13)12-7-9(8-12)6-11(2)4-5-11/h3,9H,1,4-8H2,2H3. The van der Waals surface area contributed by atoms with Crippen LogP contribution in [0, 0.1) is 11.3 Å². The minimum absolute atomic E-state index is 0.0946. The number of carbonyl (C=O) groups is 1. The molecule has 1 saturated heterocycles. The van der Waals surface area contributed by atoms with Crippen LogP contribution >= 0.6 is 0 Å². The van der Waals surface area contributed by atoms with E-state index >= 15 is 0 Å². The van der Waals surface area contributed by atoms with E-state index in [1.807, 2.05) is 4.90 Å². The second-order valence-electron chi connectivity index (χ2n) is 4.83.